The van der Waals surface area contributed by atoms with Crippen LogP contribution in [0.15, 0.2) is 9.85 Å². The molecule has 0 amide bonds. The van der Waals surface area contributed by atoms with E-state index in [9.17, 15) is 4.79 Å². The fraction of sp³-hybridized carbons (Fsp3) is 0.700. The molecular formula is C10H17N3O2S2. The molecule has 1 aromatic heterocycles. The zero-order chi connectivity index (χ0) is 12.5. The van der Waals surface area contributed by atoms with Crippen LogP contribution < -0.4 is 5.32 Å². The molecule has 0 aliphatic carbocycles. The molecule has 17 heavy (non-hydrogen) atoms. The molecule has 1 atom stereocenters. The molecule has 1 unspecified atom stereocenters. The highest BCUT2D eigenvalue weighted by atomic mass is 32.2. The van der Waals surface area contributed by atoms with Gasteiger partial charge in [0.15, 0.2) is 4.34 Å². The van der Waals surface area contributed by atoms with E-state index in [4.69, 9.17) is 4.74 Å². The normalized spacial score (nSPS) is 12.4. The first-order valence-corrected chi connectivity index (χ1v) is 7.43. The zero-order valence-electron chi connectivity index (χ0n) is 10.0. The number of thioether (sulfide) groups is 1. The van der Waals surface area contributed by atoms with E-state index in [-0.39, 0.29) is 12.0 Å². The minimum absolute atomic E-state index is 0.174. The summed E-state index contributed by atoms with van der Waals surface area (Å²) in [5, 5.41) is 10.8. The van der Waals surface area contributed by atoms with E-state index < -0.39 is 0 Å². The van der Waals surface area contributed by atoms with Crippen LogP contribution in [0.3, 0.4) is 0 Å². The van der Waals surface area contributed by atoms with E-state index in [1.807, 2.05) is 13.8 Å². The molecule has 0 spiro atoms. The predicted molar refractivity (Wildman–Crippen MR) is 69.3 cm³/mol. The van der Waals surface area contributed by atoms with Crippen LogP contribution in [0, 0.1) is 0 Å². The van der Waals surface area contributed by atoms with Crippen molar-refractivity contribution in [3.05, 3.63) is 5.51 Å². The summed E-state index contributed by atoms with van der Waals surface area (Å²) >= 11 is 3.12. The Morgan fingerprint density at radius 2 is 2.47 bits per heavy atom. The summed E-state index contributed by atoms with van der Waals surface area (Å²) in [6, 6.07) is -0.222. The van der Waals surface area contributed by atoms with Gasteiger partial charge in [0.2, 0.25) is 0 Å². The third kappa shape index (κ3) is 5.47. The molecule has 0 saturated heterocycles. The Morgan fingerprint density at radius 1 is 1.65 bits per heavy atom. The smallest absolute Gasteiger partial charge is 0.323 e. The van der Waals surface area contributed by atoms with E-state index in [1.54, 1.807) is 17.3 Å². The lowest BCUT2D eigenvalue weighted by Gasteiger charge is -2.15. The molecule has 1 heterocycles. The quantitative estimate of drug-likeness (QED) is 0.574. The number of hydrogen-bond donors (Lipinski definition) is 1. The summed E-state index contributed by atoms with van der Waals surface area (Å²) in [5.74, 6) is 0.651. The SMILES string of the molecule is CCNC(CCSc1nncs1)C(=O)OCC. The van der Waals surface area contributed by atoms with Crippen molar-refractivity contribution in [3.63, 3.8) is 0 Å². The Labute approximate surface area is 109 Å². The fourth-order valence-electron chi connectivity index (χ4n) is 1.28. The average Bonchev–Trinajstić information content (AvgIpc) is 2.81. The van der Waals surface area contributed by atoms with E-state index in [0.29, 0.717) is 6.61 Å². The van der Waals surface area contributed by atoms with Crippen LogP contribution in [0.5, 0.6) is 0 Å². The minimum atomic E-state index is -0.222. The van der Waals surface area contributed by atoms with Crippen molar-refractivity contribution >= 4 is 29.1 Å². The van der Waals surface area contributed by atoms with Crippen LogP contribution in [0.1, 0.15) is 20.3 Å². The van der Waals surface area contributed by atoms with Crippen LogP contribution in [0.25, 0.3) is 0 Å². The van der Waals surface area contributed by atoms with Gasteiger partial charge in [-0.3, -0.25) is 4.79 Å². The van der Waals surface area contributed by atoms with Gasteiger partial charge in [0.05, 0.1) is 6.61 Å². The highest BCUT2D eigenvalue weighted by Gasteiger charge is 2.18. The molecule has 7 heteroatoms. The Kier molecular flexibility index (Phi) is 7.14. The number of likely N-dealkylation sites (N-methyl/N-ethyl adjacent to an activating group) is 1. The number of nitrogens with one attached hydrogen (secondary N) is 1. The van der Waals surface area contributed by atoms with Gasteiger partial charge in [-0.25, -0.2) is 0 Å². The Bertz CT molecular complexity index is 319. The summed E-state index contributed by atoms with van der Waals surface area (Å²) in [6.07, 6.45) is 0.733. The minimum Gasteiger partial charge on any atom is -0.465 e. The van der Waals surface area contributed by atoms with Crippen LogP contribution >= 0.6 is 23.1 Å². The van der Waals surface area contributed by atoms with Crippen LogP contribution in [-0.2, 0) is 9.53 Å². The highest BCUT2D eigenvalue weighted by molar-refractivity contribution is 8.00. The van der Waals surface area contributed by atoms with E-state index >= 15 is 0 Å². The fourth-order valence-corrected chi connectivity index (χ4v) is 2.85. The van der Waals surface area contributed by atoms with Gasteiger partial charge in [0, 0.05) is 5.75 Å². The Balaban J connectivity index is 2.31. The van der Waals surface area contributed by atoms with Gasteiger partial charge in [0.25, 0.3) is 0 Å². The van der Waals surface area contributed by atoms with Gasteiger partial charge in [-0.15, -0.1) is 10.2 Å². The lowest BCUT2D eigenvalue weighted by atomic mass is 10.2. The number of rotatable bonds is 8. The summed E-state index contributed by atoms with van der Waals surface area (Å²) in [4.78, 5) is 11.6. The number of carbonyl (C=O) groups excluding carboxylic acids is 1. The third-order valence-corrected chi connectivity index (χ3v) is 3.89. The zero-order valence-corrected chi connectivity index (χ0v) is 11.6. The summed E-state index contributed by atoms with van der Waals surface area (Å²) < 4.78 is 5.94. The first-order chi connectivity index (χ1) is 8.27. The maximum atomic E-state index is 11.6. The second kappa shape index (κ2) is 8.43. The Hall–Kier alpha value is -0.660. The largest absolute Gasteiger partial charge is 0.465 e. The van der Waals surface area contributed by atoms with Gasteiger partial charge in [0.1, 0.15) is 11.6 Å². The molecule has 1 rings (SSSR count). The summed E-state index contributed by atoms with van der Waals surface area (Å²) in [6.45, 7) is 4.97. The number of aromatic nitrogens is 2. The Morgan fingerprint density at radius 3 is 3.06 bits per heavy atom. The van der Waals surface area contributed by atoms with Gasteiger partial charge in [-0.05, 0) is 19.9 Å². The molecule has 0 radical (unpaired) electrons. The van der Waals surface area contributed by atoms with Gasteiger partial charge in [-0.1, -0.05) is 30.0 Å². The van der Waals surface area contributed by atoms with Crippen LogP contribution in [-0.4, -0.2) is 41.1 Å². The lowest BCUT2D eigenvalue weighted by Crippen LogP contribution is -2.38. The number of carbonyl (C=O) groups is 1. The van der Waals surface area contributed by atoms with Crippen LogP contribution in [0.2, 0.25) is 0 Å². The maximum absolute atomic E-state index is 11.6. The van der Waals surface area contributed by atoms with E-state index in [1.165, 1.54) is 11.3 Å². The molecule has 0 fully saturated rings. The summed E-state index contributed by atoms with van der Waals surface area (Å²) in [5.41, 5.74) is 1.70. The van der Waals surface area contributed by atoms with Crippen molar-refractivity contribution in [3.8, 4) is 0 Å². The van der Waals surface area contributed by atoms with E-state index in [0.717, 1.165) is 23.1 Å². The van der Waals surface area contributed by atoms with E-state index in [2.05, 4.69) is 15.5 Å². The van der Waals surface area contributed by atoms with Gasteiger partial charge in [-0.2, -0.15) is 0 Å². The van der Waals surface area contributed by atoms with Gasteiger partial charge >= 0.3 is 5.97 Å². The number of hydrogen-bond acceptors (Lipinski definition) is 7. The average molecular weight is 275 g/mol. The van der Waals surface area contributed by atoms with Crippen molar-refractivity contribution in [1.82, 2.24) is 15.5 Å². The number of nitrogens with zero attached hydrogens (tertiary/aromatic N) is 2. The summed E-state index contributed by atoms with van der Waals surface area (Å²) in [7, 11) is 0. The molecule has 0 aliphatic rings. The molecule has 1 N–H and O–H groups in total. The molecule has 0 saturated carbocycles. The number of ether oxygens (including phenoxy) is 1. The topological polar surface area (TPSA) is 64.1 Å². The molecule has 96 valence electrons. The second-order valence-corrected chi connectivity index (χ2v) is 5.38. The predicted octanol–water partition coefficient (Wildman–Crippen LogP) is 1.56. The first kappa shape index (κ1) is 14.4. The second-order valence-electron chi connectivity index (χ2n) is 3.20. The molecule has 0 aliphatic heterocycles. The van der Waals surface area contributed by atoms with Crippen molar-refractivity contribution in [2.75, 3.05) is 18.9 Å². The molecule has 1 aromatic rings. The van der Waals surface area contributed by atoms with Crippen molar-refractivity contribution < 1.29 is 9.53 Å². The third-order valence-electron chi connectivity index (χ3n) is 1.99. The molecule has 0 bridgehead atoms. The maximum Gasteiger partial charge on any atom is 0.323 e. The molecule has 5 nitrogen and oxygen atoms in total. The van der Waals surface area contributed by atoms with Crippen LogP contribution in [0.4, 0.5) is 0 Å². The highest BCUT2D eigenvalue weighted by Crippen LogP contribution is 2.20. The van der Waals surface area contributed by atoms with Crippen molar-refractivity contribution in [2.24, 2.45) is 0 Å². The molecule has 0 aromatic carbocycles. The van der Waals surface area contributed by atoms with Gasteiger partial charge < -0.3 is 10.1 Å². The molecular weight excluding hydrogens is 258 g/mol. The standard InChI is InChI=1S/C10H17N3O2S2/c1-3-11-8(9(14)15-4-2)5-6-16-10-13-12-7-17-10/h7-8,11H,3-6H2,1-2H3. The number of esters is 1. The lowest BCUT2D eigenvalue weighted by molar-refractivity contribution is -0.145. The van der Waals surface area contributed by atoms with Crippen molar-refractivity contribution in [1.29, 1.82) is 0 Å². The van der Waals surface area contributed by atoms with Crippen molar-refractivity contribution in [2.45, 2.75) is 30.6 Å². The first-order valence-electron chi connectivity index (χ1n) is 5.56. The monoisotopic (exact) mass is 275 g/mol.